The van der Waals surface area contributed by atoms with Crippen LogP contribution in [0.4, 0.5) is 5.95 Å². The van der Waals surface area contributed by atoms with E-state index in [4.69, 9.17) is 4.98 Å². The summed E-state index contributed by atoms with van der Waals surface area (Å²) in [4.78, 5) is 39.5. The van der Waals surface area contributed by atoms with Gasteiger partial charge < -0.3 is 9.47 Å². The molecule has 1 aliphatic heterocycles. The molecule has 1 unspecified atom stereocenters. The lowest BCUT2D eigenvalue weighted by Crippen LogP contribution is -2.37. The van der Waals surface area contributed by atoms with Crippen LogP contribution in [0.2, 0.25) is 0 Å². The van der Waals surface area contributed by atoms with Crippen molar-refractivity contribution in [1.29, 1.82) is 5.26 Å². The van der Waals surface area contributed by atoms with E-state index in [0.29, 0.717) is 37.6 Å². The molecule has 1 aliphatic rings. The molecule has 4 rings (SSSR count). The minimum atomic E-state index is -0.693. The lowest BCUT2D eigenvalue weighted by atomic mass is 9.93. The molecule has 2 aromatic heterocycles. The number of hydrogen-bond donors (Lipinski definition) is 1. The zero-order valence-corrected chi connectivity index (χ0v) is 19.8. The van der Waals surface area contributed by atoms with Gasteiger partial charge in [0.05, 0.1) is 22.8 Å². The molecule has 0 radical (unpaired) electrons. The maximum atomic E-state index is 12.7. The Morgan fingerprint density at radius 3 is 2.65 bits per heavy atom. The second-order valence-corrected chi connectivity index (χ2v) is 8.73. The summed E-state index contributed by atoms with van der Waals surface area (Å²) in [5.41, 5.74) is 3.09. The van der Waals surface area contributed by atoms with Crippen LogP contribution in [0.15, 0.2) is 30.5 Å². The SMILES string of the molecule is CCn1c(C(C#N)c2nc(NC(=O)CC3CCN(C(C)=O)CC3)ncc2C)nc2ccccc21. The van der Waals surface area contributed by atoms with Crippen LogP contribution in [0.25, 0.3) is 11.0 Å². The Morgan fingerprint density at radius 2 is 1.97 bits per heavy atom. The van der Waals surface area contributed by atoms with Crippen molar-refractivity contribution in [3.63, 3.8) is 0 Å². The van der Waals surface area contributed by atoms with Crippen molar-refractivity contribution in [3.05, 3.63) is 47.5 Å². The number of carbonyl (C=O) groups is 2. The minimum Gasteiger partial charge on any atom is -0.343 e. The molecule has 9 nitrogen and oxygen atoms in total. The molecule has 1 saturated heterocycles. The van der Waals surface area contributed by atoms with E-state index < -0.39 is 5.92 Å². The number of anilines is 1. The molecule has 1 atom stereocenters. The van der Waals surface area contributed by atoms with E-state index in [-0.39, 0.29) is 23.7 Å². The van der Waals surface area contributed by atoms with Crippen molar-refractivity contribution in [2.75, 3.05) is 18.4 Å². The molecule has 0 aliphatic carbocycles. The van der Waals surface area contributed by atoms with Gasteiger partial charge in [0.15, 0.2) is 0 Å². The van der Waals surface area contributed by atoms with Crippen molar-refractivity contribution in [3.8, 4) is 6.07 Å². The largest absolute Gasteiger partial charge is 0.343 e. The predicted octanol–water partition coefficient (Wildman–Crippen LogP) is 3.40. The highest BCUT2D eigenvalue weighted by Crippen LogP contribution is 2.28. The lowest BCUT2D eigenvalue weighted by molar-refractivity contribution is -0.130. The van der Waals surface area contributed by atoms with E-state index in [9.17, 15) is 14.9 Å². The Hall–Kier alpha value is -3.80. The Morgan fingerprint density at radius 1 is 1.24 bits per heavy atom. The Bertz CT molecular complexity index is 1250. The highest BCUT2D eigenvalue weighted by atomic mass is 16.2. The van der Waals surface area contributed by atoms with Gasteiger partial charge in [-0.25, -0.2) is 15.0 Å². The summed E-state index contributed by atoms with van der Waals surface area (Å²) < 4.78 is 2.02. The molecule has 0 spiro atoms. The van der Waals surface area contributed by atoms with Gasteiger partial charge >= 0.3 is 0 Å². The number of hydrogen-bond acceptors (Lipinski definition) is 6. The van der Waals surface area contributed by atoms with Crippen LogP contribution in [-0.2, 0) is 16.1 Å². The van der Waals surface area contributed by atoms with Gasteiger partial charge in [-0.3, -0.25) is 14.9 Å². The van der Waals surface area contributed by atoms with Gasteiger partial charge in [0.2, 0.25) is 17.8 Å². The fraction of sp³-hybridized carbons (Fsp3) is 0.440. The highest BCUT2D eigenvalue weighted by Gasteiger charge is 2.26. The van der Waals surface area contributed by atoms with Gasteiger partial charge in [0.1, 0.15) is 11.7 Å². The van der Waals surface area contributed by atoms with Crippen LogP contribution in [0.3, 0.4) is 0 Å². The first-order valence-electron chi connectivity index (χ1n) is 11.6. The molecule has 3 aromatic rings. The molecule has 0 saturated carbocycles. The standard InChI is InChI=1S/C25H29N7O2/c1-4-32-21-8-6-5-7-20(21)28-24(32)19(14-26)23-16(2)15-27-25(30-23)29-22(34)13-18-9-11-31(12-10-18)17(3)33/h5-8,15,18-19H,4,9-13H2,1-3H3,(H,27,29,30,34). The summed E-state index contributed by atoms with van der Waals surface area (Å²) in [5.74, 6) is 0.255. The average molecular weight is 460 g/mol. The minimum absolute atomic E-state index is 0.0761. The number of imidazole rings is 1. The van der Waals surface area contributed by atoms with Crippen LogP contribution in [0.5, 0.6) is 0 Å². The Balaban J connectivity index is 1.52. The molecular weight excluding hydrogens is 430 g/mol. The third-order valence-electron chi connectivity index (χ3n) is 6.46. The van der Waals surface area contributed by atoms with E-state index in [1.165, 1.54) is 0 Å². The lowest BCUT2D eigenvalue weighted by Gasteiger charge is -2.30. The first-order valence-corrected chi connectivity index (χ1v) is 11.6. The van der Waals surface area contributed by atoms with Crippen molar-refractivity contribution in [1.82, 2.24) is 24.4 Å². The maximum absolute atomic E-state index is 12.7. The molecular formula is C25H29N7O2. The molecule has 9 heteroatoms. The summed E-state index contributed by atoms with van der Waals surface area (Å²) in [6, 6.07) is 10.1. The molecule has 2 amide bonds. The fourth-order valence-electron chi connectivity index (χ4n) is 4.59. The van der Waals surface area contributed by atoms with Gasteiger partial charge in [-0.15, -0.1) is 0 Å². The van der Waals surface area contributed by atoms with Crippen LogP contribution in [-0.4, -0.2) is 49.3 Å². The Labute approximate surface area is 198 Å². The average Bonchev–Trinajstić information content (AvgIpc) is 3.20. The number of benzene rings is 1. The molecule has 1 aromatic carbocycles. The number of aryl methyl sites for hydroxylation is 2. The topological polar surface area (TPSA) is 117 Å². The number of aromatic nitrogens is 4. The predicted molar refractivity (Wildman–Crippen MR) is 128 cm³/mol. The summed E-state index contributed by atoms with van der Waals surface area (Å²) in [6.45, 7) is 7.48. The van der Waals surface area contributed by atoms with E-state index in [1.54, 1.807) is 13.1 Å². The summed E-state index contributed by atoms with van der Waals surface area (Å²) in [6.07, 6.45) is 3.59. The van der Waals surface area contributed by atoms with E-state index >= 15 is 0 Å². The third-order valence-corrected chi connectivity index (χ3v) is 6.46. The zero-order valence-electron chi connectivity index (χ0n) is 19.8. The van der Waals surface area contributed by atoms with Crippen LogP contribution in [0, 0.1) is 24.2 Å². The number of carbonyl (C=O) groups excluding carboxylic acids is 2. The third kappa shape index (κ3) is 4.76. The van der Waals surface area contributed by atoms with Gasteiger partial charge in [-0.2, -0.15) is 5.26 Å². The van der Waals surface area contributed by atoms with Gasteiger partial charge in [-0.1, -0.05) is 12.1 Å². The number of nitrogens with zero attached hydrogens (tertiary/aromatic N) is 6. The second-order valence-electron chi connectivity index (χ2n) is 8.73. The maximum Gasteiger partial charge on any atom is 0.229 e. The molecule has 1 fully saturated rings. The number of likely N-dealkylation sites (tertiary alicyclic amines) is 1. The van der Waals surface area contributed by atoms with Crippen molar-refractivity contribution >= 4 is 28.8 Å². The van der Waals surface area contributed by atoms with Crippen molar-refractivity contribution < 1.29 is 9.59 Å². The number of amides is 2. The normalized spacial score (nSPS) is 15.2. The number of fused-ring (bicyclic) bond motifs is 1. The molecule has 0 bridgehead atoms. The monoisotopic (exact) mass is 459 g/mol. The number of para-hydroxylation sites is 2. The molecule has 34 heavy (non-hydrogen) atoms. The van der Waals surface area contributed by atoms with E-state index in [0.717, 1.165) is 29.4 Å². The first-order chi connectivity index (χ1) is 16.4. The second kappa shape index (κ2) is 10.00. The number of nitrogens with one attached hydrogen (secondary N) is 1. The first kappa shape index (κ1) is 23.4. The van der Waals surface area contributed by atoms with Gasteiger partial charge in [0.25, 0.3) is 0 Å². The van der Waals surface area contributed by atoms with Crippen molar-refractivity contribution in [2.24, 2.45) is 5.92 Å². The van der Waals surface area contributed by atoms with Crippen molar-refractivity contribution in [2.45, 2.75) is 52.5 Å². The van der Waals surface area contributed by atoms with Crippen LogP contribution in [0.1, 0.15) is 56.1 Å². The number of rotatable bonds is 6. The quantitative estimate of drug-likeness (QED) is 0.604. The number of piperidine rings is 1. The fourth-order valence-corrected chi connectivity index (χ4v) is 4.59. The summed E-state index contributed by atoms with van der Waals surface area (Å²) in [5, 5.41) is 12.9. The molecule has 3 heterocycles. The van der Waals surface area contributed by atoms with E-state index in [2.05, 4.69) is 21.4 Å². The number of nitriles is 1. The summed E-state index contributed by atoms with van der Waals surface area (Å²) >= 11 is 0. The van der Waals surface area contributed by atoms with Gasteiger partial charge in [-0.05, 0) is 50.3 Å². The molecule has 1 N–H and O–H groups in total. The Kier molecular flexibility index (Phi) is 6.87. The van der Waals surface area contributed by atoms with Crippen LogP contribution < -0.4 is 5.32 Å². The van der Waals surface area contributed by atoms with Crippen LogP contribution >= 0.6 is 0 Å². The molecule has 176 valence electrons. The van der Waals surface area contributed by atoms with E-state index in [1.807, 2.05) is 47.6 Å². The highest BCUT2D eigenvalue weighted by molar-refractivity contribution is 5.89. The van der Waals surface area contributed by atoms with Gasteiger partial charge in [0, 0.05) is 39.2 Å². The summed E-state index contributed by atoms with van der Waals surface area (Å²) in [7, 11) is 0. The zero-order chi connectivity index (χ0) is 24.2. The smallest absolute Gasteiger partial charge is 0.229 e.